The van der Waals surface area contributed by atoms with Gasteiger partial charge in [0.1, 0.15) is 19.3 Å². The van der Waals surface area contributed by atoms with Crippen LogP contribution in [-0.2, 0) is 28.7 Å². The zero-order chi connectivity index (χ0) is 63.1. The lowest BCUT2D eigenvalue weighted by atomic mass is 10.1. The van der Waals surface area contributed by atoms with E-state index in [1.807, 2.05) is 22.9 Å². The monoisotopic (exact) mass is 1260 g/mol. The van der Waals surface area contributed by atoms with E-state index in [4.69, 9.17) is 9.47 Å². The van der Waals surface area contributed by atoms with Crippen LogP contribution in [0.5, 0.6) is 0 Å². The second-order valence-electron chi connectivity index (χ2n) is 25.3. The Hall–Kier alpha value is -2.14. The van der Waals surface area contributed by atoms with Crippen LogP contribution in [0.25, 0.3) is 0 Å². The molecule has 1 aliphatic heterocycles. The summed E-state index contributed by atoms with van der Waals surface area (Å²) in [6, 6.07) is -0.622. The zero-order valence-corrected chi connectivity index (χ0v) is 58.5. The molecule has 0 aromatic heterocycles. The van der Waals surface area contributed by atoms with Gasteiger partial charge in [-0.15, -0.1) is 0 Å². The molecule has 0 bridgehead atoms. The lowest BCUT2D eigenvalue weighted by molar-refractivity contribution is -0.143. The molecule has 3 atom stereocenters. The first-order valence-corrected chi connectivity index (χ1v) is 39.1. The number of nitrogens with zero attached hydrogens (tertiary/aromatic N) is 3. The molecule has 0 radical (unpaired) electrons. The summed E-state index contributed by atoms with van der Waals surface area (Å²) in [5.41, 5.74) is 0. The molecule has 1 aliphatic rings. The first-order valence-electron chi connectivity index (χ1n) is 36.6. The lowest BCUT2D eigenvalue weighted by Crippen LogP contribution is -2.49. The summed E-state index contributed by atoms with van der Waals surface area (Å²) < 4.78 is 10.9. The number of hydrogen-bond acceptors (Lipinski definition) is 13. The maximum atomic E-state index is 13.8. The summed E-state index contributed by atoms with van der Waals surface area (Å²) in [5, 5.41) is 28.5. The van der Waals surface area contributed by atoms with E-state index in [0.717, 1.165) is 179 Å². The van der Waals surface area contributed by atoms with E-state index in [0.29, 0.717) is 58.7 Å². The number of esters is 2. The maximum absolute atomic E-state index is 13.8. The van der Waals surface area contributed by atoms with Gasteiger partial charge in [0.2, 0.25) is 11.8 Å². The Kier molecular flexibility index (Phi) is 60.9. The molecule has 13 nitrogen and oxygen atoms in total. The highest BCUT2D eigenvalue weighted by atomic mass is 33.1. The van der Waals surface area contributed by atoms with Crippen LogP contribution in [-0.4, -0.2) is 157 Å². The van der Waals surface area contributed by atoms with Crippen LogP contribution in [0.15, 0.2) is 24.3 Å². The van der Waals surface area contributed by atoms with Crippen molar-refractivity contribution in [3.05, 3.63) is 24.3 Å². The van der Waals surface area contributed by atoms with Crippen LogP contribution in [0, 0.1) is 0 Å². The van der Waals surface area contributed by atoms with Crippen molar-refractivity contribution in [1.82, 2.24) is 25.3 Å². The third-order valence-corrected chi connectivity index (χ3v) is 19.4. The number of likely N-dealkylation sites (tertiary alicyclic amines) is 1. The minimum Gasteiger partial charge on any atom is -0.461 e. The topological polar surface area (TPSA) is 161 Å². The van der Waals surface area contributed by atoms with Crippen molar-refractivity contribution in [2.24, 2.45) is 0 Å². The van der Waals surface area contributed by atoms with E-state index in [1.165, 1.54) is 122 Å². The van der Waals surface area contributed by atoms with E-state index < -0.39 is 18.2 Å². The van der Waals surface area contributed by atoms with E-state index in [9.17, 15) is 29.4 Å². The molecule has 0 aliphatic carbocycles. The van der Waals surface area contributed by atoms with Crippen molar-refractivity contribution < 1.29 is 38.9 Å². The standard InChI is InChI=1S/C72H137N5O8S2/c1-5-9-13-17-21-31-43-60-84-70(81)48-36-27-23-29-38-53-75(54-39-30-24-28-37-49-71(82)85-61-44-32-22-18-14-10-6-2)57-42-45-62-86-87-63-51-68(72(83)73-52-59-76-55-40-33-41-56-76)74-69(80)50-58-77(64-66(78)46-34-25-19-15-11-7-3)65-67(79)47-35-26-20-16-12-8-4/h31-32,43-44,66-68,78-79H,5-30,33-42,45-65H2,1-4H3,(H,73,83)(H,74,80)/b43-31-,44-32-. The summed E-state index contributed by atoms with van der Waals surface area (Å²) in [7, 11) is 3.65. The van der Waals surface area contributed by atoms with Crippen molar-refractivity contribution in [3.63, 3.8) is 0 Å². The largest absolute Gasteiger partial charge is 0.461 e. The molecule has 3 unspecified atom stereocenters. The van der Waals surface area contributed by atoms with Gasteiger partial charge in [-0.3, -0.25) is 24.1 Å². The number of hydrogen-bond donors (Lipinski definition) is 4. The smallest absolute Gasteiger partial charge is 0.306 e. The number of nitrogens with one attached hydrogen (secondary N) is 2. The molecule has 87 heavy (non-hydrogen) atoms. The van der Waals surface area contributed by atoms with E-state index in [-0.39, 0.29) is 30.2 Å². The van der Waals surface area contributed by atoms with E-state index in [1.54, 1.807) is 10.8 Å². The third kappa shape index (κ3) is 56.4. The first-order chi connectivity index (χ1) is 42.6. The van der Waals surface area contributed by atoms with Gasteiger partial charge in [0.05, 0.1) is 12.2 Å². The van der Waals surface area contributed by atoms with Gasteiger partial charge in [-0.05, 0) is 129 Å². The fraction of sp³-hybridized carbons (Fsp3) is 0.889. The molecular formula is C72H137N5O8S2. The van der Waals surface area contributed by atoms with Gasteiger partial charge in [-0.25, -0.2) is 0 Å². The number of amides is 2. The van der Waals surface area contributed by atoms with Crippen LogP contribution in [0.3, 0.4) is 0 Å². The average molecular weight is 1270 g/mol. The minimum absolute atomic E-state index is 0.0915. The summed E-state index contributed by atoms with van der Waals surface area (Å²) in [6.45, 7) is 17.7. The molecule has 1 saturated heterocycles. The van der Waals surface area contributed by atoms with Gasteiger partial charge >= 0.3 is 11.9 Å². The maximum Gasteiger partial charge on any atom is 0.306 e. The number of unbranched alkanes of at least 4 members (excludes halogenated alkanes) is 27. The average Bonchev–Trinajstić information content (AvgIpc) is 3.67. The van der Waals surface area contributed by atoms with Crippen molar-refractivity contribution in [1.29, 1.82) is 0 Å². The molecule has 1 heterocycles. The predicted molar refractivity (Wildman–Crippen MR) is 373 cm³/mol. The number of aliphatic hydroxyl groups excluding tert-OH is 2. The van der Waals surface area contributed by atoms with Crippen LogP contribution in [0.4, 0.5) is 0 Å². The van der Waals surface area contributed by atoms with Gasteiger partial charge in [-0.1, -0.05) is 234 Å². The molecule has 2 amide bonds. The van der Waals surface area contributed by atoms with Crippen molar-refractivity contribution in [2.75, 3.05) is 90.2 Å². The highest BCUT2D eigenvalue weighted by Crippen LogP contribution is 2.24. The lowest BCUT2D eigenvalue weighted by Gasteiger charge is -2.28. The van der Waals surface area contributed by atoms with Gasteiger partial charge < -0.3 is 40.1 Å². The van der Waals surface area contributed by atoms with Gasteiger partial charge in [0.15, 0.2) is 0 Å². The number of allylic oxidation sites excluding steroid dienone is 2. The molecule has 4 N–H and O–H groups in total. The molecule has 510 valence electrons. The van der Waals surface area contributed by atoms with Crippen LogP contribution >= 0.6 is 21.6 Å². The molecular weight excluding hydrogens is 1130 g/mol. The highest BCUT2D eigenvalue weighted by molar-refractivity contribution is 8.76. The Morgan fingerprint density at radius 2 is 0.908 bits per heavy atom. The Labute approximate surface area is 543 Å². The molecule has 0 aromatic rings. The molecule has 1 rings (SSSR count). The quantitative estimate of drug-likeness (QED) is 0.0197. The molecule has 15 heteroatoms. The number of ether oxygens (including phenoxy) is 2. The normalized spacial score (nSPS) is 14.2. The van der Waals surface area contributed by atoms with Crippen LogP contribution < -0.4 is 10.6 Å². The number of carbonyl (C=O) groups is 4. The van der Waals surface area contributed by atoms with Crippen molar-refractivity contribution in [2.45, 2.75) is 322 Å². The van der Waals surface area contributed by atoms with E-state index >= 15 is 0 Å². The van der Waals surface area contributed by atoms with Gasteiger partial charge in [-0.2, -0.15) is 0 Å². The SMILES string of the molecule is CCCCCC/C=C\COC(=O)CCCCCCCN(CCCCCCCC(=O)OC/C=C\CCCCCC)CCCCSSCCC(NC(=O)CCN(CC(O)CCCCCCCC)CC(O)CCCCCCCC)C(=O)NCCN1CCCCC1. The summed E-state index contributed by atoms with van der Waals surface area (Å²) >= 11 is 0. The van der Waals surface area contributed by atoms with Crippen molar-refractivity contribution in [3.8, 4) is 0 Å². The van der Waals surface area contributed by atoms with Gasteiger partial charge in [0, 0.05) is 63.5 Å². The molecule has 0 saturated carbocycles. The minimum atomic E-state index is -0.622. The number of rotatable bonds is 65. The predicted octanol–water partition coefficient (Wildman–Crippen LogP) is 16.7. The zero-order valence-electron chi connectivity index (χ0n) is 56.8. The fourth-order valence-electron chi connectivity index (χ4n) is 11.4. The molecule has 0 spiro atoms. The molecule has 1 fully saturated rings. The van der Waals surface area contributed by atoms with Gasteiger partial charge in [0.25, 0.3) is 0 Å². The van der Waals surface area contributed by atoms with Crippen LogP contribution in [0.1, 0.15) is 304 Å². The third-order valence-electron chi connectivity index (χ3n) is 16.9. The Balaban J connectivity index is 2.74. The van der Waals surface area contributed by atoms with E-state index in [2.05, 4.69) is 65.2 Å². The Morgan fingerprint density at radius 1 is 0.471 bits per heavy atom. The fourth-order valence-corrected chi connectivity index (χ4v) is 13.6. The first kappa shape index (κ1) is 82.9. The second kappa shape index (κ2) is 64.0. The molecule has 0 aromatic carbocycles. The van der Waals surface area contributed by atoms with Crippen LogP contribution in [0.2, 0.25) is 0 Å². The van der Waals surface area contributed by atoms with Crippen molar-refractivity contribution >= 4 is 45.3 Å². The summed E-state index contributed by atoms with van der Waals surface area (Å²) in [5.74, 6) is 1.31. The number of carbonyl (C=O) groups excluding carboxylic acids is 4. The summed E-state index contributed by atoms with van der Waals surface area (Å²) in [4.78, 5) is 59.3. The Morgan fingerprint density at radius 3 is 1.41 bits per heavy atom. The number of piperidine rings is 1. The second-order valence-corrected chi connectivity index (χ2v) is 28.0. The highest BCUT2D eigenvalue weighted by Gasteiger charge is 2.23. The Bertz CT molecular complexity index is 1550. The number of aliphatic hydroxyl groups is 2. The summed E-state index contributed by atoms with van der Waals surface area (Å²) in [6.07, 6.45) is 53.1.